The average molecular weight is 526 g/mol. The maximum absolute atomic E-state index is 13.5. The number of para-hydroxylation sites is 1. The number of carbonyl (C=O) groups is 1. The van der Waals surface area contributed by atoms with Crippen molar-refractivity contribution in [2.45, 2.75) is 64.6 Å². The lowest BCUT2D eigenvalue weighted by Gasteiger charge is -2.35. The van der Waals surface area contributed by atoms with Crippen LogP contribution in [0.2, 0.25) is 0 Å². The molecule has 4 heterocycles. The van der Waals surface area contributed by atoms with Gasteiger partial charge in [-0.1, -0.05) is 44.0 Å². The number of fused-ring (bicyclic) bond motifs is 4. The minimum atomic E-state index is 0.140. The topological polar surface area (TPSA) is 63.5 Å². The molecule has 6 rings (SSSR count). The Kier molecular flexibility index (Phi) is 7.88. The Morgan fingerprint density at radius 3 is 2.77 bits per heavy atom. The molecule has 1 aliphatic carbocycles. The van der Waals surface area contributed by atoms with E-state index in [0.717, 1.165) is 49.1 Å². The Balaban J connectivity index is 1.40. The minimum absolute atomic E-state index is 0.140. The fraction of sp³-hybridized carbons (Fsp3) is 0.469. The van der Waals surface area contributed by atoms with Gasteiger partial charge in [0.2, 0.25) is 5.91 Å². The molecule has 3 aromatic heterocycles. The van der Waals surface area contributed by atoms with Gasteiger partial charge >= 0.3 is 0 Å². The summed E-state index contributed by atoms with van der Waals surface area (Å²) in [5.41, 5.74) is 5.82. The Morgan fingerprint density at radius 1 is 1.03 bits per heavy atom. The first-order valence-electron chi connectivity index (χ1n) is 14.6. The normalized spacial score (nSPS) is 17.7. The minimum Gasteiger partial charge on any atom is -0.378 e. The fourth-order valence-corrected chi connectivity index (χ4v) is 6.44. The first-order chi connectivity index (χ1) is 19.2. The van der Waals surface area contributed by atoms with Crippen LogP contribution >= 0.6 is 0 Å². The van der Waals surface area contributed by atoms with Crippen LogP contribution in [0.15, 0.2) is 54.9 Å². The molecule has 1 saturated heterocycles. The molecule has 0 saturated carbocycles. The van der Waals surface area contributed by atoms with Gasteiger partial charge in [-0.2, -0.15) is 0 Å². The van der Waals surface area contributed by atoms with Crippen LogP contribution in [-0.4, -0.2) is 63.1 Å². The van der Waals surface area contributed by atoms with Gasteiger partial charge in [0.1, 0.15) is 6.54 Å². The van der Waals surface area contributed by atoms with E-state index in [4.69, 9.17) is 14.7 Å². The van der Waals surface area contributed by atoms with Crippen LogP contribution in [0, 0.1) is 0 Å². The molecule has 0 spiro atoms. The molecule has 4 aromatic rings. The number of morpholine rings is 1. The first-order valence-corrected chi connectivity index (χ1v) is 14.6. The van der Waals surface area contributed by atoms with Crippen LogP contribution in [-0.2, 0) is 29.0 Å². The predicted molar refractivity (Wildman–Crippen MR) is 154 cm³/mol. The molecule has 1 amide bonds. The Morgan fingerprint density at radius 2 is 1.90 bits per heavy atom. The summed E-state index contributed by atoms with van der Waals surface area (Å²) in [5.74, 6) is 0.140. The lowest BCUT2D eigenvalue weighted by Crippen LogP contribution is -2.42. The standard InChI is InChI=1S/C32H39N5O2/c1-2-3-6-17-36(29-13-7-9-24-10-8-15-34-31(24)29)22-27-32-26(14-16-33-27)25-11-4-5-12-28(25)37(32)23-30(38)35-18-20-39-21-19-35/h4-5,8,10-12,14-16,29H,2-3,6-7,9,13,17-23H2,1H3/t29-/m0/s1. The van der Waals surface area contributed by atoms with Crippen LogP contribution in [0.1, 0.15) is 62.0 Å². The molecular weight excluding hydrogens is 486 g/mol. The second-order valence-corrected chi connectivity index (χ2v) is 10.9. The van der Waals surface area contributed by atoms with E-state index in [-0.39, 0.29) is 11.9 Å². The van der Waals surface area contributed by atoms with E-state index in [0.29, 0.717) is 32.8 Å². The fourth-order valence-electron chi connectivity index (χ4n) is 6.44. The summed E-state index contributed by atoms with van der Waals surface area (Å²) in [6.07, 6.45) is 10.8. The molecule has 1 aliphatic heterocycles. The molecular formula is C32H39N5O2. The molecule has 2 aliphatic rings. The summed E-state index contributed by atoms with van der Waals surface area (Å²) >= 11 is 0. The van der Waals surface area contributed by atoms with Crippen molar-refractivity contribution in [3.05, 3.63) is 71.8 Å². The van der Waals surface area contributed by atoms with Crippen molar-refractivity contribution in [3.8, 4) is 0 Å². The highest BCUT2D eigenvalue weighted by Crippen LogP contribution is 2.36. The van der Waals surface area contributed by atoms with Crippen LogP contribution < -0.4 is 0 Å². The summed E-state index contributed by atoms with van der Waals surface area (Å²) in [4.78, 5) is 27.8. The second-order valence-electron chi connectivity index (χ2n) is 10.9. The number of amides is 1. The molecule has 1 fully saturated rings. The highest BCUT2D eigenvalue weighted by molar-refractivity contribution is 6.09. The zero-order valence-corrected chi connectivity index (χ0v) is 23.0. The van der Waals surface area contributed by atoms with Gasteiger partial charge in [0.05, 0.1) is 36.2 Å². The number of aromatic nitrogens is 3. The van der Waals surface area contributed by atoms with Crippen LogP contribution in [0.3, 0.4) is 0 Å². The molecule has 7 nitrogen and oxygen atoms in total. The molecule has 1 aromatic carbocycles. The highest BCUT2D eigenvalue weighted by Gasteiger charge is 2.29. The van der Waals surface area contributed by atoms with E-state index in [1.165, 1.54) is 41.3 Å². The Hall–Kier alpha value is -3.29. The summed E-state index contributed by atoms with van der Waals surface area (Å²) in [5, 5.41) is 2.34. The largest absolute Gasteiger partial charge is 0.378 e. The van der Waals surface area contributed by atoms with Gasteiger partial charge in [-0.05, 0) is 56.0 Å². The lowest BCUT2D eigenvalue weighted by atomic mass is 9.90. The SMILES string of the molecule is CCCCCN(Cc1nccc2c3ccccc3n(CC(=O)N3CCOCC3)c12)[C@H]1CCCc2cccnc21. The Bertz CT molecular complexity index is 1440. The van der Waals surface area contributed by atoms with Crippen LogP contribution in [0.4, 0.5) is 0 Å². The number of ether oxygens (including phenoxy) is 1. The molecule has 1 atom stereocenters. The van der Waals surface area contributed by atoms with E-state index >= 15 is 0 Å². The zero-order chi connectivity index (χ0) is 26.6. The van der Waals surface area contributed by atoms with Gasteiger partial charge < -0.3 is 14.2 Å². The maximum atomic E-state index is 13.5. The van der Waals surface area contributed by atoms with Crippen molar-refractivity contribution in [2.24, 2.45) is 0 Å². The van der Waals surface area contributed by atoms with Crippen molar-refractivity contribution in [2.75, 3.05) is 32.8 Å². The quantitative estimate of drug-likeness (QED) is 0.270. The predicted octanol–water partition coefficient (Wildman–Crippen LogP) is 5.51. The third kappa shape index (κ3) is 5.30. The number of aryl methyl sites for hydroxylation is 1. The van der Waals surface area contributed by atoms with Crippen molar-refractivity contribution in [3.63, 3.8) is 0 Å². The van der Waals surface area contributed by atoms with Crippen molar-refractivity contribution >= 4 is 27.7 Å². The number of carbonyl (C=O) groups excluding carboxylic acids is 1. The first kappa shape index (κ1) is 26.0. The van der Waals surface area contributed by atoms with Gasteiger partial charge in [-0.25, -0.2) is 0 Å². The van der Waals surface area contributed by atoms with E-state index in [9.17, 15) is 4.79 Å². The van der Waals surface area contributed by atoms with E-state index in [1.54, 1.807) is 0 Å². The van der Waals surface area contributed by atoms with Gasteiger partial charge in [0.25, 0.3) is 0 Å². The molecule has 0 unspecified atom stereocenters. The molecule has 39 heavy (non-hydrogen) atoms. The highest BCUT2D eigenvalue weighted by atomic mass is 16.5. The van der Waals surface area contributed by atoms with Gasteiger partial charge in [-0.3, -0.25) is 19.7 Å². The van der Waals surface area contributed by atoms with Crippen molar-refractivity contribution in [1.29, 1.82) is 0 Å². The van der Waals surface area contributed by atoms with Crippen LogP contribution in [0.5, 0.6) is 0 Å². The molecule has 0 radical (unpaired) electrons. The smallest absolute Gasteiger partial charge is 0.242 e. The average Bonchev–Trinajstić information content (AvgIpc) is 3.31. The molecule has 0 bridgehead atoms. The molecule has 7 heteroatoms. The third-order valence-electron chi connectivity index (χ3n) is 8.42. The second kappa shape index (κ2) is 11.8. The number of benzene rings is 1. The number of nitrogens with zero attached hydrogens (tertiary/aromatic N) is 5. The summed E-state index contributed by atoms with van der Waals surface area (Å²) in [7, 11) is 0. The van der Waals surface area contributed by atoms with Gasteiger partial charge in [0.15, 0.2) is 0 Å². The number of unbranched alkanes of at least 4 members (excludes halogenated alkanes) is 2. The number of hydrogen-bond donors (Lipinski definition) is 0. The van der Waals surface area contributed by atoms with Gasteiger partial charge in [0, 0.05) is 48.3 Å². The van der Waals surface area contributed by atoms with Crippen LogP contribution in [0.25, 0.3) is 21.8 Å². The van der Waals surface area contributed by atoms with E-state index < -0.39 is 0 Å². The van der Waals surface area contributed by atoms with Crippen molar-refractivity contribution < 1.29 is 9.53 Å². The monoisotopic (exact) mass is 525 g/mol. The molecule has 0 N–H and O–H groups in total. The third-order valence-corrected chi connectivity index (χ3v) is 8.42. The number of hydrogen-bond acceptors (Lipinski definition) is 5. The zero-order valence-electron chi connectivity index (χ0n) is 23.0. The van der Waals surface area contributed by atoms with E-state index in [1.807, 2.05) is 17.3 Å². The Labute approximate surface area is 230 Å². The lowest BCUT2D eigenvalue weighted by molar-refractivity contribution is -0.135. The summed E-state index contributed by atoms with van der Waals surface area (Å²) in [6.45, 7) is 6.84. The van der Waals surface area contributed by atoms with Gasteiger partial charge in [-0.15, -0.1) is 0 Å². The number of pyridine rings is 2. The summed E-state index contributed by atoms with van der Waals surface area (Å²) in [6, 6.07) is 15.1. The summed E-state index contributed by atoms with van der Waals surface area (Å²) < 4.78 is 7.70. The number of rotatable bonds is 9. The van der Waals surface area contributed by atoms with Crippen molar-refractivity contribution in [1.82, 2.24) is 24.3 Å². The molecule has 204 valence electrons. The van der Waals surface area contributed by atoms with E-state index in [2.05, 4.69) is 58.9 Å². The maximum Gasteiger partial charge on any atom is 0.242 e.